The Morgan fingerprint density at radius 3 is 2.89 bits per heavy atom. The molecule has 1 aliphatic heterocycles. The number of hydrogen-bond donors (Lipinski definition) is 0. The zero-order valence-corrected chi connectivity index (χ0v) is 9.95. The van der Waals surface area contributed by atoms with Crippen molar-refractivity contribution in [2.75, 3.05) is 13.2 Å². The molecule has 1 fully saturated rings. The minimum atomic E-state index is 0.0592. The van der Waals surface area contributed by atoms with Crippen LogP contribution in [-0.4, -0.2) is 28.5 Å². The lowest BCUT2D eigenvalue weighted by Crippen LogP contribution is -2.28. The average Bonchev–Trinajstić information content (AvgIpc) is 2.89. The second-order valence-corrected chi connectivity index (χ2v) is 4.44. The Kier molecular flexibility index (Phi) is 2.94. The van der Waals surface area contributed by atoms with Crippen LogP contribution in [0.25, 0.3) is 11.4 Å². The molecule has 3 rings (SSSR count). The molecule has 0 saturated carbocycles. The average molecular weight is 242 g/mol. The third kappa shape index (κ3) is 2.07. The van der Waals surface area contributed by atoms with E-state index in [0.717, 1.165) is 11.4 Å². The molecule has 0 spiro atoms. The summed E-state index contributed by atoms with van der Waals surface area (Å²) < 4.78 is 7.34. The van der Waals surface area contributed by atoms with Crippen molar-refractivity contribution >= 4 is 5.78 Å². The highest BCUT2D eigenvalue weighted by atomic mass is 16.5. The highest BCUT2D eigenvalue weighted by molar-refractivity contribution is 5.80. The Balaban J connectivity index is 1.94. The summed E-state index contributed by atoms with van der Waals surface area (Å²) in [7, 11) is 0. The molecule has 18 heavy (non-hydrogen) atoms. The highest BCUT2D eigenvalue weighted by Gasteiger charge is 2.23. The summed E-state index contributed by atoms with van der Waals surface area (Å²) in [5.41, 5.74) is 1.06. The molecule has 1 saturated heterocycles. The van der Waals surface area contributed by atoms with Crippen LogP contribution >= 0.6 is 0 Å². The van der Waals surface area contributed by atoms with Crippen LogP contribution in [0.5, 0.6) is 0 Å². The van der Waals surface area contributed by atoms with Crippen molar-refractivity contribution in [3.05, 3.63) is 42.7 Å². The van der Waals surface area contributed by atoms with Crippen molar-refractivity contribution in [1.29, 1.82) is 0 Å². The molecule has 4 nitrogen and oxygen atoms in total. The predicted octanol–water partition coefficient (Wildman–Crippen LogP) is 2.08. The minimum absolute atomic E-state index is 0.0592. The van der Waals surface area contributed by atoms with Gasteiger partial charge in [-0.1, -0.05) is 30.3 Å². The van der Waals surface area contributed by atoms with Gasteiger partial charge in [-0.15, -0.1) is 0 Å². The van der Waals surface area contributed by atoms with Crippen LogP contribution in [0.3, 0.4) is 0 Å². The second kappa shape index (κ2) is 4.74. The molecule has 1 aromatic heterocycles. The zero-order chi connectivity index (χ0) is 12.4. The lowest BCUT2D eigenvalue weighted by atomic mass is 10.1. The SMILES string of the molecule is O=C1COCC(n2ccnc2-c2ccccc2)C1. The number of benzene rings is 1. The van der Waals surface area contributed by atoms with Crippen molar-refractivity contribution in [1.82, 2.24) is 9.55 Å². The lowest BCUT2D eigenvalue weighted by Gasteiger charge is -2.24. The fourth-order valence-electron chi connectivity index (χ4n) is 2.29. The standard InChI is InChI=1S/C14H14N2O2/c17-13-8-12(9-18-10-13)16-7-6-15-14(16)11-4-2-1-3-5-11/h1-7,12H,8-10H2. The number of nitrogens with zero attached hydrogens (tertiary/aromatic N) is 2. The Labute approximate surface area is 105 Å². The van der Waals surface area contributed by atoms with E-state index in [4.69, 9.17) is 4.74 Å². The van der Waals surface area contributed by atoms with Gasteiger partial charge in [0.05, 0.1) is 12.6 Å². The summed E-state index contributed by atoms with van der Waals surface area (Å²) in [5, 5.41) is 0. The number of carbonyl (C=O) groups excluding carboxylic acids is 1. The Morgan fingerprint density at radius 1 is 1.28 bits per heavy atom. The van der Waals surface area contributed by atoms with Crippen molar-refractivity contribution in [3.63, 3.8) is 0 Å². The molecular formula is C14H14N2O2. The van der Waals surface area contributed by atoms with Gasteiger partial charge in [-0.25, -0.2) is 4.98 Å². The molecule has 1 unspecified atom stereocenters. The third-order valence-electron chi connectivity index (χ3n) is 3.13. The quantitative estimate of drug-likeness (QED) is 0.809. The number of ether oxygens (including phenoxy) is 1. The molecule has 2 heterocycles. The zero-order valence-electron chi connectivity index (χ0n) is 9.95. The van der Waals surface area contributed by atoms with Gasteiger partial charge in [-0.2, -0.15) is 0 Å². The molecule has 1 atom stereocenters. The topological polar surface area (TPSA) is 44.1 Å². The Bertz CT molecular complexity index is 548. The van der Waals surface area contributed by atoms with Gasteiger partial charge in [0.2, 0.25) is 0 Å². The number of imidazole rings is 1. The molecule has 0 aliphatic carbocycles. The second-order valence-electron chi connectivity index (χ2n) is 4.44. The fourth-order valence-corrected chi connectivity index (χ4v) is 2.29. The Morgan fingerprint density at radius 2 is 2.11 bits per heavy atom. The fraction of sp³-hybridized carbons (Fsp3) is 0.286. The van der Waals surface area contributed by atoms with Gasteiger partial charge in [-0.05, 0) is 0 Å². The van der Waals surface area contributed by atoms with E-state index >= 15 is 0 Å². The van der Waals surface area contributed by atoms with E-state index in [1.54, 1.807) is 6.20 Å². The molecule has 1 aliphatic rings. The number of rotatable bonds is 2. The van der Waals surface area contributed by atoms with Gasteiger partial charge < -0.3 is 9.30 Å². The molecule has 0 bridgehead atoms. The third-order valence-corrected chi connectivity index (χ3v) is 3.13. The van der Waals surface area contributed by atoms with Gasteiger partial charge in [-0.3, -0.25) is 4.79 Å². The first-order valence-corrected chi connectivity index (χ1v) is 6.02. The first kappa shape index (κ1) is 11.2. The minimum Gasteiger partial charge on any atom is -0.372 e. The molecule has 0 amide bonds. The van der Waals surface area contributed by atoms with Crippen molar-refractivity contribution in [2.24, 2.45) is 0 Å². The van der Waals surface area contributed by atoms with Gasteiger partial charge in [0.25, 0.3) is 0 Å². The first-order valence-electron chi connectivity index (χ1n) is 6.02. The summed E-state index contributed by atoms with van der Waals surface area (Å²) in [4.78, 5) is 15.8. The Hall–Kier alpha value is -1.94. The monoisotopic (exact) mass is 242 g/mol. The van der Waals surface area contributed by atoms with Crippen molar-refractivity contribution in [2.45, 2.75) is 12.5 Å². The molecule has 92 valence electrons. The largest absolute Gasteiger partial charge is 0.372 e. The van der Waals surface area contributed by atoms with Gasteiger partial charge in [0, 0.05) is 24.4 Å². The highest BCUT2D eigenvalue weighted by Crippen LogP contribution is 2.25. The molecule has 0 radical (unpaired) electrons. The maximum Gasteiger partial charge on any atom is 0.160 e. The van der Waals surface area contributed by atoms with Crippen LogP contribution in [0.15, 0.2) is 42.7 Å². The van der Waals surface area contributed by atoms with Crippen molar-refractivity contribution < 1.29 is 9.53 Å². The van der Waals surface area contributed by atoms with E-state index in [-0.39, 0.29) is 18.4 Å². The van der Waals surface area contributed by atoms with Gasteiger partial charge >= 0.3 is 0 Å². The van der Waals surface area contributed by atoms with E-state index in [1.165, 1.54) is 0 Å². The van der Waals surface area contributed by atoms with Crippen molar-refractivity contribution in [3.8, 4) is 11.4 Å². The van der Waals surface area contributed by atoms with E-state index in [2.05, 4.69) is 4.98 Å². The van der Waals surface area contributed by atoms with Crippen LogP contribution in [0.1, 0.15) is 12.5 Å². The van der Waals surface area contributed by atoms with E-state index in [9.17, 15) is 4.79 Å². The molecule has 0 N–H and O–H groups in total. The molecular weight excluding hydrogens is 228 g/mol. The van der Waals surface area contributed by atoms with Crippen LogP contribution in [-0.2, 0) is 9.53 Å². The lowest BCUT2D eigenvalue weighted by molar-refractivity contribution is -0.129. The van der Waals surface area contributed by atoms with Crippen LogP contribution in [0, 0.1) is 0 Å². The predicted molar refractivity (Wildman–Crippen MR) is 67.1 cm³/mol. The van der Waals surface area contributed by atoms with Gasteiger partial charge in [0.15, 0.2) is 5.78 Å². The van der Waals surface area contributed by atoms with Crippen LogP contribution in [0.4, 0.5) is 0 Å². The van der Waals surface area contributed by atoms with E-state index < -0.39 is 0 Å². The summed E-state index contributed by atoms with van der Waals surface area (Å²) in [6.45, 7) is 0.813. The van der Waals surface area contributed by atoms with Gasteiger partial charge in [0.1, 0.15) is 12.4 Å². The summed E-state index contributed by atoms with van der Waals surface area (Å²) in [6, 6.07) is 10.0. The summed E-state index contributed by atoms with van der Waals surface area (Å²) in [5.74, 6) is 1.04. The normalized spacial score (nSPS) is 20.0. The summed E-state index contributed by atoms with van der Waals surface area (Å²) in [6.07, 6.45) is 4.20. The number of carbonyl (C=O) groups is 1. The maximum atomic E-state index is 11.5. The number of Topliss-reactive ketones (excluding diaryl/α,β-unsaturated/α-hetero) is 1. The number of aromatic nitrogens is 2. The molecule has 2 aromatic rings. The molecule has 1 aromatic carbocycles. The number of ketones is 1. The van der Waals surface area contributed by atoms with Crippen LogP contribution in [0.2, 0.25) is 0 Å². The van der Waals surface area contributed by atoms with E-state index in [0.29, 0.717) is 13.0 Å². The maximum absolute atomic E-state index is 11.5. The molecule has 4 heteroatoms. The first-order chi connectivity index (χ1) is 8.84. The summed E-state index contributed by atoms with van der Waals surface area (Å²) >= 11 is 0. The number of hydrogen-bond acceptors (Lipinski definition) is 3. The van der Waals surface area contributed by atoms with E-state index in [1.807, 2.05) is 41.1 Å². The van der Waals surface area contributed by atoms with Crippen LogP contribution < -0.4 is 0 Å². The smallest absolute Gasteiger partial charge is 0.160 e.